The second kappa shape index (κ2) is 8.19. The number of pyridine rings is 1. The Hall–Kier alpha value is -1.91. The Morgan fingerprint density at radius 2 is 1.88 bits per heavy atom. The van der Waals surface area contributed by atoms with Crippen LogP contribution >= 0.6 is 0 Å². The number of hydrogen-bond donors (Lipinski definition) is 0. The molecule has 3 aliphatic rings. The van der Waals surface area contributed by atoms with Crippen LogP contribution < -0.4 is 4.74 Å². The molecule has 2 bridgehead atoms. The molecule has 0 saturated carbocycles. The van der Waals surface area contributed by atoms with Gasteiger partial charge in [0, 0.05) is 50.5 Å². The van der Waals surface area contributed by atoms with Crippen molar-refractivity contribution >= 4 is 0 Å². The molecule has 26 heavy (non-hydrogen) atoms. The number of fused-ring (bicyclic) bond motifs is 4. The van der Waals surface area contributed by atoms with Crippen LogP contribution in [0.15, 0.2) is 48.7 Å². The molecule has 1 aromatic carbocycles. The van der Waals surface area contributed by atoms with Crippen LogP contribution in [0, 0.1) is 5.92 Å². The predicted molar refractivity (Wildman–Crippen MR) is 104 cm³/mol. The maximum absolute atomic E-state index is 5.84. The number of piperidine rings is 1. The third kappa shape index (κ3) is 4.08. The van der Waals surface area contributed by atoms with Crippen LogP contribution in [0.2, 0.25) is 0 Å². The zero-order valence-electron chi connectivity index (χ0n) is 15.7. The average Bonchev–Trinajstić information content (AvgIpc) is 2.95. The third-order valence-electron chi connectivity index (χ3n) is 5.66. The lowest BCUT2D eigenvalue weighted by Gasteiger charge is -2.36. The maximum atomic E-state index is 5.84. The summed E-state index contributed by atoms with van der Waals surface area (Å²) >= 11 is 0. The summed E-state index contributed by atoms with van der Waals surface area (Å²) < 4.78 is 5.84. The summed E-state index contributed by atoms with van der Waals surface area (Å²) in [5.41, 5.74) is 2.50. The van der Waals surface area contributed by atoms with Gasteiger partial charge in [-0.1, -0.05) is 24.3 Å². The van der Waals surface area contributed by atoms with Gasteiger partial charge in [-0.05, 0) is 43.9 Å². The SMILES string of the molecule is CCOc1ccccc1CN1C[C@H]2CC[C@@H]1CN(Cc1ccccn1)C2. The Labute approximate surface area is 156 Å². The van der Waals surface area contributed by atoms with Crippen LogP contribution in [0.5, 0.6) is 5.75 Å². The van der Waals surface area contributed by atoms with E-state index in [2.05, 4.69) is 58.1 Å². The number of aromatic nitrogens is 1. The molecule has 0 spiro atoms. The van der Waals surface area contributed by atoms with E-state index in [1.165, 1.54) is 37.2 Å². The van der Waals surface area contributed by atoms with Crippen molar-refractivity contribution in [2.24, 2.45) is 5.92 Å². The van der Waals surface area contributed by atoms with Crippen molar-refractivity contribution in [3.8, 4) is 5.75 Å². The van der Waals surface area contributed by atoms with Crippen LogP contribution in [-0.4, -0.2) is 47.1 Å². The molecule has 5 rings (SSSR count). The van der Waals surface area contributed by atoms with Crippen molar-refractivity contribution in [3.05, 3.63) is 59.9 Å². The van der Waals surface area contributed by atoms with Crippen molar-refractivity contribution in [1.29, 1.82) is 0 Å². The van der Waals surface area contributed by atoms with Crippen molar-refractivity contribution in [2.45, 2.75) is 38.9 Å². The van der Waals surface area contributed by atoms with E-state index in [9.17, 15) is 0 Å². The molecule has 3 saturated heterocycles. The molecule has 138 valence electrons. The highest BCUT2D eigenvalue weighted by atomic mass is 16.5. The summed E-state index contributed by atoms with van der Waals surface area (Å²) in [6, 6.07) is 15.4. The highest BCUT2D eigenvalue weighted by Crippen LogP contribution is 2.31. The van der Waals surface area contributed by atoms with Crippen LogP contribution in [-0.2, 0) is 13.1 Å². The van der Waals surface area contributed by atoms with Crippen molar-refractivity contribution in [3.63, 3.8) is 0 Å². The zero-order valence-corrected chi connectivity index (χ0v) is 15.7. The molecule has 0 N–H and O–H groups in total. The van der Waals surface area contributed by atoms with Gasteiger partial charge >= 0.3 is 0 Å². The minimum absolute atomic E-state index is 0.632. The number of rotatable bonds is 6. The Bertz CT molecular complexity index is 706. The molecule has 0 amide bonds. The van der Waals surface area contributed by atoms with Gasteiger partial charge in [0.25, 0.3) is 0 Å². The van der Waals surface area contributed by atoms with E-state index in [1.54, 1.807) is 0 Å². The summed E-state index contributed by atoms with van der Waals surface area (Å²) in [5, 5.41) is 0. The first-order chi connectivity index (χ1) is 12.8. The normalized spacial score (nSPS) is 23.7. The molecule has 0 unspecified atom stereocenters. The molecule has 4 heterocycles. The Kier molecular flexibility index (Phi) is 5.51. The number of hydrogen-bond acceptors (Lipinski definition) is 4. The minimum atomic E-state index is 0.632. The number of nitrogens with zero attached hydrogens (tertiary/aromatic N) is 3. The van der Waals surface area contributed by atoms with Gasteiger partial charge in [-0.3, -0.25) is 14.8 Å². The Balaban J connectivity index is 1.45. The summed E-state index contributed by atoms with van der Waals surface area (Å²) in [6.07, 6.45) is 4.56. The minimum Gasteiger partial charge on any atom is -0.494 e. The first-order valence-electron chi connectivity index (χ1n) is 9.89. The second-order valence-electron chi connectivity index (χ2n) is 7.58. The highest BCUT2D eigenvalue weighted by Gasteiger charge is 2.35. The van der Waals surface area contributed by atoms with Gasteiger partial charge in [-0.2, -0.15) is 0 Å². The van der Waals surface area contributed by atoms with Crippen LogP contribution in [0.25, 0.3) is 0 Å². The lowest BCUT2D eigenvalue weighted by molar-refractivity contribution is 0.121. The second-order valence-corrected chi connectivity index (χ2v) is 7.58. The molecule has 0 aliphatic carbocycles. The smallest absolute Gasteiger partial charge is 0.123 e. The molecule has 1 aromatic heterocycles. The standard InChI is InChI=1S/C22H29N3O/c1-2-26-22-9-4-3-7-19(22)15-25-14-18-10-11-21(25)17-24(13-18)16-20-8-5-6-12-23-20/h3-9,12,18,21H,2,10-11,13-17H2,1H3/t18-,21+/m0/s1. The van der Waals surface area contributed by atoms with E-state index >= 15 is 0 Å². The summed E-state index contributed by atoms with van der Waals surface area (Å²) in [5.74, 6) is 1.80. The molecule has 0 radical (unpaired) electrons. The molecular formula is C22H29N3O. The average molecular weight is 351 g/mol. The fourth-order valence-electron chi connectivity index (χ4n) is 4.47. The van der Waals surface area contributed by atoms with E-state index in [1.807, 2.05) is 12.3 Å². The van der Waals surface area contributed by atoms with Gasteiger partial charge in [0.2, 0.25) is 0 Å². The van der Waals surface area contributed by atoms with E-state index in [4.69, 9.17) is 4.74 Å². The van der Waals surface area contributed by atoms with Gasteiger partial charge in [0.1, 0.15) is 5.75 Å². The monoisotopic (exact) mass is 351 g/mol. The highest BCUT2D eigenvalue weighted by molar-refractivity contribution is 5.33. The van der Waals surface area contributed by atoms with Crippen LogP contribution in [0.1, 0.15) is 31.0 Å². The van der Waals surface area contributed by atoms with Crippen molar-refractivity contribution < 1.29 is 4.74 Å². The molecule has 4 nitrogen and oxygen atoms in total. The lowest BCUT2D eigenvalue weighted by atomic mass is 9.94. The molecule has 3 aliphatic heterocycles. The molecule has 4 heteroatoms. The quantitative estimate of drug-likeness (QED) is 0.795. The topological polar surface area (TPSA) is 28.6 Å². The Morgan fingerprint density at radius 1 is 1.00 bits per heavy atom. The molecule has 2 atom stereocenters. The van der Waals surface area contributed by atoms with Gasteiger partial charge < -0.3 is 4.74 Å². The molecule has 2 aromatic rings. The number of benzene rings is 1. The molecule has 3 fully saturated rings. The van der Waals surface area contributed by atoms with Crippen molar-refractivity contribution in [2.75, 3.05) is 26.2 Å². The van der Waals surface area contributed by atoms with Crippen LogP contribution in [0.3, 0.4) is 0 Å². The predicted octanol–water partition coefficient (Wildman–Crippen LogP) is 3.58. The summed E-state index contributed by atoms with van der Waals surface area (Å²) in [7, 11) is 0. The molecular weight excluding hydrogens is 322 g/mol. The number of para-hydroxylation sites is 1. The van der Waals surface area contributed by atoms with Gasteiger partial charge in [0.15, 0.2) is 0 Å². The Morgan fingerprint density at radius 3 is 2.73 bits per heavy atom. The zero-order chi connectivity index (χ0) is 17.8. The fraction of sp³-hybridized carbons (Fsp3) is 0.500. The van der Waals surface area contributed by atoms with E-state index < -0.39 is 0 Å². The fourth-order valence-corrected chi connectivity index (χ4v) is 4.47. The third-order valence-corrected chi connectivity index (χ3v) is 5.66. The van der Waals surface area contributed by atoms with Crippen molar-refractivity contribution in [1.82, 2.24) is 14.8 Å². The van der Waals surface area contributed by atoms with Crippen LogP contribution in [0.4, 0.5) is 0 Å². The van der Waals surface area contributed by atoms with Gasteiger partial charge in [-0.25, -0.2) is 0 Å². The summed E-state index contributed by atoms with van der Waals surface area (Å²) in [4.78, 5) is 9.82. The first kappa shape index (κ1) is 17.5. The van der Waals surface area contributed by atoms with Gasteiger partial charge in [0.05, 0.1) is 12.3 Å². The van der Waals surface area contributed by atoms with E-state index in [0.29, 0.717) is 6.04 Å². The maximum Gasteiger partial charge on any atom is 0.123 e. The summed E-state index contributed by atoms with van der Waals surface area (Å²) in [6.45, 7) is 8.28. The largest absolute Gasteiger partial charge is 0.494 e. The van der Waals surface area contributed by atoms with E-state index in [-0.39, 0.29) is 0 Å². The van der Waals surface area contributed by atoms with E-state index in [0.717, 1.165) is 37.9 Å². The van der Waals surface area contributed by atoms with Gasteiger partial charge in [-0.15, -0.1) is 0 Å². The first-order valence-corrected chi connectivity index (χ1v) is 9.89. The lowest BCUT2D eigenvalue weighted by Crippen LogP contribution is -2.43. The number of ether oxygens (including phenoxy) is 1.